The molecule has 1 saturated heterocycles. The number of allylic oxidation sites excluding steroid dienone is 3. The molecular weight excluding hydrogens is 294 g/mol. The van der Waals surface area contributed by atoms with Gasteiger partial charge in [0.1, 0.15) is 0 Å². The number of nitrogens with zero attached hydrogens (tertiary/aromatic N) is 3. The van der Waals surface area contributed by atoms with E-state index in [1.165, 1.54) is 17.8 Å². The van der Waals surface area contributed by atoms with Gasteiger partial charge in [0.2, 0.25) is 0 Å². The summed E-state index contributed by atoms with van der Waals surface area (Å²) < 4.78 is 0. The zero-order valence-electron chi connectivity index (χ0n) is 12.9. The number of ketones is 1. The second-order valence-corrected chi connectivity index (χ2v) is 6.86. The molecule has 2 aliphatic rings. The predicted octanol–water partition coefficient (Wildman–Crippen LogP) is 2.47. The molecule has 1 aliphatic carbocycles. The summed E-state index contributed by atoms with van der Waals surface area (Å²) in [6, 6.07) is 0. The second-order valence-electron chi connectivity index (χ2n) is 5.96. The van der Waals surface area contributed by atoms with E-state index >= 15 is 0 Å². The van der Waals surface area contributed by atoms with Gasteiger partial charge < -0.3 is 9.80 Å². The van der Waals surface area contributed by atoms with Crippen molar-refractivity contribution >= 4 is 17.1 Å². The maximum Gasteiger partial charge on any atom is 0.192 e. The Bertz CT molecular complexity index is 530. The Kier molecular flexibility index (Phi) is 5.53. The molecule has 2 heterocycles. The van der Waals surface area contributed by atoms with Crippen molar-refractivity contribution in [3.8, 4) is 0 Å². The third-order valence-corrected chi connectivity index (χ3v) is 5.17. The minimum Gasteiger partial charge on any atom is -0.300 e. The van der Waals surface area contributed by atoms with Crippen molar-refractivity contribution in [3.05, 3.63) is 40.9 Å². The van der Waals surface area contributed by atoms with Crippen LogP contribution in [0.1, 0.15) is 22.6 Å². The molecule has 1 aromatic heterocycles. The lowest BCUT2D eigenvalue weighted by Crippen LogP contribution is -2.48. The van der Waals surface area contributed by atoms with Gasteiger partial charge in [-0.05, 0) is 12.3 Å². The van der Waals surface area contributed by atoms with Gasteiger partial charge in [0.05, 0.1) is 0 Å². The highest BCUT2D eigenvalue weighted by atomic mass is 32.1. The summed E-state index contributed by atoms with van der Waals surface area (Å²) in [6.07, 6.45) is 12.3. The molecule has 0 bridgehead atoms. The first-order valence-electron chi connectivity index (χ1n) is 8.02. The van der Waals surface area contributed by atoms with Crippen molar-refractivity contribution in [2.45, 2.75) is 12.8 Å². The molecule has 0 radical (unpaired) electrons. The molecule has 3 rings (SSSR count). The van der Waals surface area contributed by atoms with Gasteiger partial charge >= 0.3 is 0 Å². The summed E-state index contributed by atoms with van der Waals surface area (Å²) in [4.78, 5) is 21.0. The molecule has 1 aromatic rings. The Morgan fingerprint density at radius 1 is 1.23 bits per heavy atom. The number of carbonyl (C=O) groups excluding carboxylic acids is 1. The Labute approximate surface area is 136 Å². The van der Waals surface area contributed by atoms with Crippen molar-refractivity contribution in [1.29, 1.82) is 0 Å². The van der Waals surface area contributed by atoms with Crippen molar-refractivity contribution in [1.82, 2.24) is 14.8 Å². The Morgan fingerprint density at radius 2 is 2.05 bits per heavy atom. The highest BCUT2D eigenvalue weighted by Crippen LogP contribution is 2.15. The molecular formula is C17H23N3OS. The zero-order chi connectivity index (χ0) is 15.2. The molecule has 1 atom stereocenters. The fraction of sp³-hybridized carbons (Fsp3) is 0.529. The average Bonchev–Trinajstić information content (AvgIpc) is 3.09. The molecule has 0 unspecified atom stereocenters. The number of Topliss-reactive ketones (excluding diaryl/α,β-unsaturated/α-hetero) is 1. The van der Waals surface area contributed by atoms with Crippen LogP contribution in [0.3, 0.4) is 0 Å². The highest BCUT2D eigenvalue weighted by Gasteiger charge is 2.20. The molecule has 5 heteroatoms. The van der Waals surface area contributed by atoms with Crippen LogP contribution in [0.25, 0.3) is 0 Å². The lowest BCUT2D eigenvalue weighted by molar-refractivity contribution is 0.0919. The molecule has 0 aromatic carbocycles. The lowest BCUT2D eigenvalue weighted by Gasteiger charge is -2.36. The third-order valence-electron chi connectivity index (χ3n) is 4.35. The summed E-state index contributed by atoms with van der Waals surface area (Å²) in [5, 5.41) is 2.51. The van der Waals surface area contributed by atoms with Crippen LogP contribution in [0.2, 0.25) is 0 Å². The van der Waals surface area contributed by atoms with Crippen LogP contribution < -0.4 is 0 Å². The van der Waals surface area contributed by atoms with Gasteiger partial charge in [-0.25, -0.2) is 4.98 Å². The first-order valence-corrected chi connectivity index (χ1v) is 8.90. The van der Waals surface area contributed by atoms with E-state index in [1.807, 2.05) is 5.38 Å². The summed E-state index contributed by atoms with van der Waals surface area (Å²) in [5.74, 6) is 0.847. The molecule has 0 N–H and O–H groups in total. The largest absolute Gasteiger partial charge is 0.300 e. The highest BCUT2D eigenvalue weighted by molar-refractivity contribution is 7.11. The van der Waals surface area contributed by atoms with Crippen LogP contribution in [0.5, 0.6) is 0 Å². The number of piperazine rings is 1. The van der Waals surface area contributed by atoms with Crippen molar-refractivity contribution in [2.24, 2.45) is 5.92 Å². The standard InChI is InChI=1S/C17H23N3OS/c21-16(17-18-7-13-22-17)6-8-19-9-11-20(12-10-19)14-15-4-2-1-3-5-15/h1-4,7,13,15H,5-6,8-12,14H2/t15-/m0/s1. The van der Waals surface area contributed by atoms with E-state index in [0.29, 0.717) is 17.3 Å². The minimum atomic E-state index is 0.177. The van der Waals surface area contributed by atoms with Gasteiger partial charge in [-0.2, -0.15) is 0 Å². The molecule has 118 valence electrons. The molecule has 22 heavy (non-hydrogen) atoms. The molecule has 0 amide bonds. The topological polar surface area (TPSA) is 36.4 Å². The van der Waals surface area contributed by atoms with Gasteiger partial charge in [-0.1, -0.05) is 24.3 Å². The minimum absolute atomic E-state index is 0.177. The third kappa shape index (κ3) is 4.35. The van der Waals surface area contributed by atoms with Crippen LogP contribution in [-0.2, 0) is 0 Å². The first-order chi connectivity index (χ1) is 10.8. The van der Waals surface area contributed by atoms with Crippen molar-refractivity contribution in [2.75, 3.05) is 39.3 Å². The Hall–Kier alpha value is -1.30. The molecule has 1 aliphatic heterocycles. The zero-order valence-corrected chi connectivity index (χ0v) is 13.7. The van der Waals surface area contributed by atoms with Gasteiger partial charge in [-0.15, -0.1) is 11.3 Å². The van der Waals surface area contributed by atoms with Crippen LogP contribution in [0.4, 0.5) is 0 Å². The number of hydrogen-bond acceptors (Lipinski definition) is 5. The number of aromatic nitrogens is 1. The van der Waals surface area contributed by atoms with Gasteiger partial charge in [0.25, 0.3) is 0 Å². The normalized spacial score (nSPS) is 23.0. The van der Waals surface area contributed by atoms with E-state index < -0.39 is 0 Å². The summed E-state index contributed by atoms with van der Waals surface area (Å²) in [6.45, 7) is 6.37. The SMILES string of the molecule is O=C(CCN1CCN(C[C@H]2C=CC=CC2)CC1)c1nccs1. The van der Waals surface area contributed by atoms with E-state index in [1.54, 1.807) is 6.20 Å². The van der Waals surface area contributed by atoms with E-state index in [9.17, 15) is 4.79 Å². The van der Waals surface area contributed by atoms with E-state index in [4.69, 9.17) is 0 Å². The predicted molar refractivity (Wildman–Crippen MR) is 90.3 cm³/mol. The summed E-state index contributed by atoms with van der Waals surface area (Å²) >= 11 is 1.44. The second kappa shape index (κ2) is 7.81. The van der Waals surface area contributed by atoms with Gasteiger partial charge in [0, 0.05) is 57.3 Å². The average molecular weight is 317 g/mol. The Morgan fingerprint density at radius 3 is 2.73 bits per heavy atom. The molecule has 1 fully saturated rings. The maximum atomic E-state index is 12.0. The van der Waals surface area contributed by atoms with Crippen LogP contribution in [0, 0.1) is 5.92 Å². The summed E-state index contributed by atoms with van der Waals surface area (Å²) in [7, 11) is 0. The fourth-order valence-electron chi connectivity index (χ4n) is 3.02. The quantitative estimate of drug-likeness (QED) is 0.755. The van der Waals surface area contributed by atoms with Crippen LogP contribution in [-0.4, -0.2) is 59.8 Å². The van der Waals surface area contributed by atoms with Gasteiger partial charge in [0.15, 0.2) is 10.8 Å². The van der Waals surface area contributed by atoms with Crippen LogP contribution >= 0.6 is 11.3 Å². The molecule has 0 saturated carbocycles. The number of rotatable bonds is 6. The van der Waals surface area contributed by atoms with Crippen LogP contribution in [0.15, 0.2) is 35.9 Å². The summed E-state index contributed by atoms with van der Waals surface area (Å²) in [5.41, 5.74) is 0. The van der Waals surface area contributed by atoms with Crippen molar-refractivity contribution < 1.29 is 4.79 Å². The first kappa shape index (κ1) is 15.6. The Balaban J connectivity index is 1.36. The smallest absolute Gasteiger partial charge is 0.192 e. The molecule has 0 spiro atoms. The monoisotopic (exact) mass is 317 g/mol. The maximum absolute atomic E-state index is 12.0. The van der Waals surface area contributed by atoms with Gasteiger partial charge in [-0.3, -0.25) is 4.79 Å². The van der Waals surface area contributed by atoms with Crippen molar-refractivity contribution in [3.63, 3.8) is 0 Å². The number of thiazole rings is 1. The van der Waals surface area contributed by atoms with E-state index in [0.717, 1.165) is 39.3 Å². The molecule has 4 nitrogen and oxygen atoms in total. The number of hydrogen-bond donors (Lipinski definition) is 0. The number of carbonyl (C=O) groups is 1. The van der Waals surface area contributed by atoms with E-state index in [2.05, 4.69) is 39.1 Å². The lowest BCUT2D eigenvalue weighted by atomic mass is 10.00. The van der Waals surface area contributed by atoms with E-state index in [-0.39, 0.29) is 5.78 Å². The fourth-order valence-corrected chi connectivity index (χ4v) is 3.63.